The normalized spacial score (nSPS) is 17.9. The van der Waals surface area contributed by atoms with E-state index >= 15 is 0 Å². The minimum absolute atomic E-state index is 0. The summed E-state index contributed by atoms with van der Waals surface area (Å²) < 4.78 is 0. The molecule has 1 aromatic rings. The zero-order valence-electron chi connectivity index (χ0n) is 14.3. The highest BCUT2D eigenvalue weighted by Crippen LogP contribution is 2.29. The molecule has 0 aromatic heterocycles. The second kappa shape index (κ2) is 8.87. The fourth-order valence-electron chi connectivity index (χ4n) is 3.08. The molecule has 8 heteroatoms. The van der Waals surface area contributed by atoms with Crippen molar-refractivity contribution in [1.82, 2.24) is 10.2 Å². The maximum atomic E-state index is 12.8. The summed E-state index contributed by atoms with van der Waals surface area (Å²) in [6.45, 7) is 2.39. The molecular formula is C17H24ClN3O3S. The molecule has 25 heavy (non-hydrogen) atoms. The van der Waals surface area contributed by atoms with Gasteiger partial charge in [0.25, 0.3) is 11.6 Å². The van der Waals surface area contributed by atoms with Crippen LogP contribution in [-0.2, 0) is 0 Å². The van der Waals surface area contributed by atoms with Crippen LogP contribution in [-0.4, -0.2) is 47.7 Å². The fourth-order valence-corrected chi connectivity index (χ4v) is 3.52. The Balaban J connectivity index is 0.00000225. The van der Waals surface area contributed by atoms with E-state index in [1.165, 1.54) is 30.7 Å². The van der Waals surface area contributed by atoms with E-state index < -0.39 is 4.92 Å². The summed E-state index contributed by atoms with van der Waals surface area (Å²) in [5, 5.41) is 14.8. The first-order valence-electron chi connectivity index (χ1n) is 8.43. The van der Waals surface area contributed by atoms with Crippen LogP contribution in [0.1, 0.15) is 36.0 Å². The van der Waals surface area contributed by atoms with Crippen LogP contribution in [0.2, 0.25) is 0 Å². The first-order valence-corrected chi connectivity index (χ1v) is 9.66. The van der Waals surface area contributed by atoms with Crippen LogP contribution in [0.4, 0.5) is 5.69 Å². The van der Waals surface area contributed by atoms with Crippen LogP contribution in [0.15, 0.2) is 23.1 Å². The van der Waals surface area contributed by atoms with Crippen LogP contribution >= 0.6 is 24.2 Å². The van der Waals surface area contributed by atoms with Gasteiger partial charge in [-0.15, -0.1) is 24.2 Å². The zero-order chi connectivity index (χ0) is 17.1. The standard InChI is InChI=1S/C17H23N3O3S.ClH/c1-24-14-4-5-16(20(22)23)15(10-14)17(21)19-8-6-13(7-9-19)18-11-12-2-3-12;/h4-5,10,12-13,18H,2-3,6-9,11H2,1H3;1H. The lowest BCUT2D eigenvalue weighted by molar-refractivity contribution is -0.385. The summed E-state index contributed by atoms with van der Waals surface area (Å²) >= 11 is 1.48. The number of rotatable bonds is 6. The van der Waals surface area contributed by atoms with Crippen LogP contribution in [0, 0.1) is 16.0 Å². The zero-order valence-corrected chi connectivity index (χ0v) is 15.9. The smallest absolute Gasteiger partial charge is 0.282 e. The largest absolute Gasteiger partial charge is 0.338 e. The molecule has 2 aliphatic rings. The van der Waals surface area contributed by atoms with Gasteiger partial charge in [0, 0.05) is 30.1 Å². The molecule has 2 fully saturated rings. The van der Waals surface area contributed by atoms with E-state index in [0.29, 0.717) is 19.1 Å². The summed E-state index contributed by atoms with van der Waals surface area (Å²) in [6.07, 6.45) is 6.38. The number of nitrogens with zero attached hydrogens (tertiary/aromatic N) is 2. The van der Waals surface area contributed by atoms with Crippen molar-refractivity contribution in [3.8, 4) is 0 Å². The van der Waals surface area contributed by atoms with Crippen molar-refractivity contribution in [1.29, 1.82) is 0 Å². The molecule has 0 spiro atoms. The van der Waals surface area contributed by atoms with Gasteiger partial charge in [-0.25, -0.2) is 0 Å². The van der Waals surface area contributed by atoms with E-state index in [1.807, 2.05) is 6.26 Å². The second-order valence-electron chi connectivity index (χ2n) is 6.56. The summed E-state index contributed by atoms with van der Waals surface area (Å²) in [5.41, 5.74) is 0.100. The molecule has 1 aliphatic carbocycles. The van der Waals surface area contributed by atoms with Crippen LogP contribution < -0.4 is 5.32 Å². The summed E-state index contributed by atoms with van der Waals surface area (Å²) in [4.78, 5) is 26.1. The number of thioether (sulfide) groups is 1. The molecule has 1 saturated carbocycles. The molecule has 1 aliphatic heterocycles. The average molecular weight is 386 g/mol. The number of likely N-dealkylation sites (tertiary alicyclic amines) is 1. The van der Waals surface area contributed by atoms with Gasteiger partial charge < -0.3 is 10.2 Å². The molecule has 138 valence electrons. The molecule has 1 heterocycles. The third kappa shape index (κ3) is 5.09. The first-order chi connectivity index (χ1) is 11.6. The summed E-state index contributed by atoms with van der Waals surface area (Å²) in [5.74, 6) is 0.625. The van der Waals surface area contributed by atoms with Crippen LogP contribution in [0.5, 0.6) is 0 Å². The highest BCUT2D eigenvalue weighted by molar-refractivity contribution is 7.98. The maximum absolute atomic E-state index is 12.8. The van der Waals surface area contributed by atoms with Gasteiger partial charge in [-0.1, -0.05) is 0 Å². The van der Waals surface area contributed by atoms with E-state index in [2.05, 4.69) is 5.32 Å². The van der Waals surface area contributed by atoms with Crippen molar-refractivity contribution in [3.05, 3.63) is 33.9 Å². The predicted molar refractivity (Wildman–Crippen MR) is 102 cm³/mol. The number of benzene rings is 1. The van der Waals surface area contributed by atoms with Crippen molar-refractivity contribution in [2.24, 2.45) is 5.92 Å². The van der Waals surface area contributed by atoms with Crippen molar-refractivity contribution >= 4 is 35.8 Å². The number of nitro groups is 1. The van der Waals surface area contributed by atoms with Crippen LogP contribution in [0.3, 0.4) is 0 Å². The first kappa shape index (κ1) is 20.0. The van der Waals surface area contributed by atoms with Gasteiger partial charge in [-0.3, -0.25) is 14.9 Å². The van der Waals surface area contributed by atoms with E-state index in [9.17, 15) is 14.9 Å². The number of halogens is 1. The van der Waals surface area contributed by atoms with E-state index in [4.69, 9.17) is 0 Å². The number of amides is 1. The van der Waals surface area contributed by atoms with Gasteiger partial charge in [0.05, 0.1) is 4.92 Å². The summed E-state index contributed by atoms with van der Waals surface area (Å²) in [6, 6.07) is 5.22. The monoisotopic (exact) mass is 385 g/mol. The number of nitrogens with one attached hydrogen (secondary N) is 1. The molecule has 1 aromatic carbocycles. The molecular weight excluding hydrogens is 362 g/mol. The van der Waals surface area contributed by atoms with E-state index in [0.717, 1.165) is 30.2 Å². The Morgan fingerprint density at radius 3 is 2.56 bits per heavy atom. The average Bonchev–Trinajstić information content (AvgIpc) is 3.43. The van der Waals surface area contributed by atoms with Gasteiger partial charge in [-0.05, 0) is 56.5 Å². The van der Waals surface area contributed by atoms with Crippen molar-refractivity contribution < 1.29 is 9.72 Å². The lowest BCUT2D eigenvalue weighted by Gasteiger charge is -2.32. The van der Waals surface area contributed by atoms with E-state index in [-0.39, 0.29) is 29.6 Å². The quantitative estimate of drug-likeness (QED) is 0.461. The number of nitro benzene ring substituents is 1. The number of piperidine rings is 1. The molecule has 1 saturated heterocycles. The Hall–Kier alpha value is -1.31. The third-order valence-corrected chi connectivity index (χ3v) is 5.53. The van der Waals surface area contributed by atoms with Crippen LogP contribution in [0.25, 0.3) is 0 Å². The van der Waals surface area contributed by atoms with Crippen molar-refractivity contribution in [2.75, 3.05) is 25.9 Å². The lowest BCUT2D eigenvalue weighted by Crippen LogP contribution is -2.45. The van der Waals surface area contributed by atoms with Gasteiger partial charge in [-0.2, -0.15) is 0 Å². The number of carbonyl (C=O) groups excluding carboxylic acids is 1. The Bertz CT molecular complexity index is 632. The molecule has 1 amide bonds. The lowest BCUT2D eigenvalue weighted by atomic mass is 10.0. The molecule has 0 bridgehead atoms. The van der Waals surface area contributed by atoms with Gasteiger partial charge in [0.1, 0.15) is 5.56 Å². The minimum Gasteiger partial charge on any atom is -0.338 e. The Morgan fingerprint density at radius 2 is 2.00 bits per heavy atom. The highest BCUT2D eigenvalue weighted by Gasteiger charge is 2.29. The Morgan fingerprint density at radius 1 is 1.32 bits per heavy atom. The molecule has 0 radical (unpaired) electrons. The third-order valence-electron chi connectivity index (χ3n) is 4.81. The molecule has 0 unspecified atom stereocenters. The number of hydrogen-bond acceptors (Lipinski definition) is 5. The molecule has 0 atom stereocenters. The fraction of sp³-hybridized carbons (Fsp3) is 0.588. The van der Waals surface area contributed by atoms with Gasteiger partial charge >= 0.3 is 0 Å². The molecule has 3 rings (SSSR count). The van der Waals surface area contributed by atoms with Gasteiger partial charge in [0.15, 0.2) is 0 Å². The maximum Gasteiger partial charge on any atom is 0.282 e. The number of carbonyl (C=O) groups is 1. The highest BCUT2D eigenvalue weighted by atomic mass is 35.5. The predicted octanol–water partition coefficient (Wildman–Crippen LogP) is 3.34. The van der Waals surface area contributed by atoms with Crippen molar-refractivity contribution in [2.45, 2.75) is 36.6 Å². The van der Waals surface area contributed by atoms with E-state index in [1.54, 1.807) is 17.0 Å². The molecule has 1 N–H and O–H groups in total. The van der Waals surface area contributed by atoms with Gasteiger partial charge in [0.2, 0.25) is 0 Å². The Labute approximate surface area is 158 Å². The summed E-state index contributed by atoms with van der Waals surface area (Å²) in [7, 11) is 0. The second-order valence-corrected chi connectivity index (χ2v) is 7.44. The topological polar surface area (TPSA) is 75.5 Å². The SMILES string of the molecule is CSc1ccc([N+](=O)[O-])c(C(=O)N2CCC(NCC3CC3)CC2)c1.Cl. The number of hydrogen-bond donors (Lipinski definition) is 1. The Kier molecular flexibility index (Phi) is 7.10. The minimum atomic E-state index is -0.471. The van der Waals surface area contributed by atoms with Crippen molar-refractivity contribution in [3.63, 3.8) is 0 Å². The molecule has 6 nitrogen and oxygen atoms in total.